The van der Waals surface area contributed by atoms with Crippen LogP contribution in [0.2, 0.25) is 0 Å². The SMILES string of the molecule is CCOC1C(NC)CC1Oc1cc(F)cc(F)c1. The van der Waals surface area contributed by atoms with E-state index in [0.29, 0.717) is 6.61 Å². The molecule has 0 heterocycles. The van der Waals surface area contributed by atoms with Gasteiger partial charge in [0.1, 0.15) is 29.6 Å². The van der Waals surface area contributed by atoms with E-state index in [9.17, 15) is 8.78 Å². The molecule has 5 heteroatoms. The molecule has 100 valence electrons. The maximum atomic E-state index is 13.0. The molecule has 1 aromatic rings. The third-order valence-corrected chi connectivity index (χ3v) is 3.10. The molecule has 0 aliphatic heterocycles. The highest BCUT2D eigenvalue weighted by molar-refractivity contribution is 5.24. The van der Waals surface area contributed by atoms with Crippen molar-refractivity contribution < 1.29 is 18.3 Å². The number of ether oxygens (including phenoxy) is 2. The van der Waals surface area contributed by atoms with E-state index in [1.807, 2.05) is 14.0 Å². The molecule has 1 aliphatic rings. The number of halogens is 2. The van der Waals surface area contributed by atoms with E-state index in [-0.39, 0.29) is 24.0 Å². The van der Waals surface area contributed by atoms with Gasteiger partial charge in [0.2, 0.25) is 0 Å². The normalized spacial score (nSPS) is 26.8. The first-order valence-electron chi connectivity index (χ1n) is 6.05. The van der Waals surface area contributed by atoms with E-state index in [2.05, 4.69) is 5.32 Å². The molecule has 0 bridgehead atoms. The van der Waals surface area contributed by atoms with E-state index < -0.39 is 11.6 Å². The highest BCUT2D eigenvalue weighted by Crippen LogP contribution is 2.29. The molecular weight excluding hydrogens is 240 g/mol. The first kappa shape index (κ1) is 13.2. The summed E-state index contributed by atoms with van der Waals surface area (Å²) in [7, 11) is 1.86. The molecular formula is C13H17F2NO2. The molecule has 0 aromatic heterocycles. The monoisotopic (exact) mass is 257 g/mol. The second kappa shape index (κ2) is 5.63. The molecule has 1 fully saturated rings. The number of benzene rings is 1. The van der Waals surface area contributed by atoms with Crippen LogP contribution in [0.1, 0.15) is 13.3 Å². The highest BCUT2D eigenvalue weighted by Gasteiger charge is 2.42. The zero-order chi connectivity index (χ0) is 13.1. The van der Waals surface area contributed by atoms with Gasteiger partial charge in [-0.2, -0.15) is 0 Å². The van der Waals surface area contributed by atoms with Crippen molar-refractivity contribution in [2.24, 2.45) is 0 Å². The largest absolute Gasteiger partial charge is 0.487 e. The van der Waals surface area contributed by atoms with Gasteiger partial charge in [-0.3, -0.25) is 0 Å². The lowest BCUT2D eigenvalue weighted by molar-refractivity contribution is -0.103. The number of likely N-dealkylation sites (N-methyl/N-ethyl adjacent to an activating group) is 1. The van der Waals surface area contributed by atoms with Crippen LogP contribution >= 0.6 is 0 Å². The zero-order valence-electron chi connectivity index (χ0n) is 10.5. The molecule has 1 aliphatic carbocycles. The molecule has 3 atom stereocenters. The third kappa shape index (κ3) is 2.79. The van der Waals surface area contributed by atoms with Crippen LogP contribution in [-0.2, 0) is 4.74 Å². The fourth-order valence-electron chi connectivity index (χ4n) is 2.17. The van der Waals surface area contributed by atoms with Gasteiger partial charge in [0, 0.05) is 37.3 Å². The molecule has 1 aromatic carbocycles. The number of rotatable bonds is 5. The third-order valence-electron chi connectivity index (χ3n) is 3.10. The van der Waals surface area contributed by atoms with Gasteiger partial charge in [0.25, 0.3) is 0 Å². The highest BCUT2D eigenvalue weighted by atomic mass is 19.1. The Bertz CT molecular complexity index is 394. The van der Waals surface area contributed by atoms with Gasteiger partial charge in [-0.15, -0.1) is 0 Å². The van der Waals surface area contributed by atoms with Crippen LogP contribution in [-0.4, -0.2) is 31.9 Å². The lowest BCUT2D eigenvalue weighted by atomic mass is 9.85. The van der Waals surface area contributed by atoms with Gasteiger partial charge in [0.15, 0.2) is 0 Å². The Morgan fingerprint density at radius 3 is 2.50 bits per heavy atom. The minimum atomic E-state index is -0.637. The van der Waals surface area contributed by atoms with Crippen molar-refractivity contribution in [3.05, 3.63) is 29.8 Å². The van der Waals surface area contributed by atoms with Crippen molar-refractivity contribution in [1.82, 2.24) is 5.32 Å². The average Bonchev–Trinajstić information content (AvgIpc) is 2.30. The minimum absolute atomic E-state index is 0.0775. The van der Waals surface area contributed by atoms with E-state index in [1.54, 1.807) is 0 Å². The van der Waals surface area contributed by atoms with E-state index in [0.717, 1.165) is 12.5 Å². The predicted octanol–water partition coefficient (Wildman–Crippen LogP) is 2.11. The smallest absolute Gasteiger partial charge is 0.129 e. The molecule has 0 saturated heterocycles. The van der Waals surface area contributed by atoms with Crippen molar-refractivity contribution in [3.63, 3.8) is 0 Å². The van der Waals surface area contributed by atoms with Crippen LogP contribution in [0, 0.1) is 11.6 Å². The van der Waals surface area contributed by atoms with Crippen LogP contribution in [0.5, 0.6) is 5.75 Å². The topological polar surface area (TPSA) is 30.5 Å². The Kier molecular flexibility index (Phi) is 4.14. The standard InChI is InChI=1S/C13H17F2NO2/c1-3-17-13-11(16-2)7-12(13)18-10-5-8(14)4-9(15)6-10/h4-6,11-13,16H,3,7H2,1-2H3. The molecule has 0 spiro atoms. The second-order valence-corrected chi connectivity index (χ2v) is 4.31. The molecule has 0 amide bonds. The van der Waals surface area contributed by atoms with Gasteiger partial charge < -0.3 is 14.8 Å². The average molecular weight is 257 g/mol. The first-order valence-corrected chi connectivity index (χ1v) is 6.05. The Morgan fingerprint density at radius 2 is 1.94 bits per heavy atom. The summed E-state index contributed by atoms with van der Waals surface area (Å²) in [5.41, 5.74) is 0. The fraction of sp³-hybridized carbons (Fsp3) is 0.538. The number of nitrogens with one attached hydrogen (secondary N) is 1. The summed E-state index contributed by atoms with van der Waals surface area (Å²) >= 11 is 0. The second-order valence-electron chi connectivity index (χ2n) is 4.31. The van der Waals surface area contributed by atoms with Gasteiger partial charge in [-0.05, 0) is 14.0 Å². The van der Waals surface area contributed by atoms with Gasteiger partial charge in [0.05, 0.1) is 0 Å². The Labute approximate surface area is 105 Å². The Morgan fingerprint density at radius 1 is 1.28 bits per heavy atom. The maximum Gasteiger partial charge on any atom is 0.129 e. The van der Waals surface area contributed by atoms with Gasteiger partial charge in [-0.25, -0.2) is 8.78 Å². The van der Waals surface area contributed by atoms with Gasteiger partial charge in [-0.1, -0.05) is 0 Å². The molecule has 3 unspecified atom stereocenters. The summed E-state index contributed by atoms with van der Waals surface area (Å²) in [6.07, 6.45) is 0.522. The Hall–Kier alpha value is -1.20. The quantitative estimate of drug-likeness (QED) is 0.876. The summed E-state index contributed by atoms with van der Waals surface area (Å²) in [4.78, 5) is 0. The van der Waals surface area contributed by atoms with Crippen molar-refractivity contribution in [2.75, 3.05) is 13.7 Å². The fourth-order valence-corrected chi connectivity index (χ4v) is 2.17. The first-order chi connectivity index (χ1) is 8.63. The number of hydrogen-bond donors (Lipinski definition) is 1. The van der Waals surface area contributed by atoms with E-state index in [1.165, 1.54) is 12.1 Å². The summed E-state index contributed by atoms with van der Waals surface area (Å²) in [6, 6.07) is 3.41. The van der Waals surface area contributed by atoms with Crippen LogP contribution in [0.4, 0.5) is 8.78 Å². The Balaban J connectivity index is 2.01. The maximum absolute atomic E-state index is 13.0. The molecule has 0 radical (unpaired) electrons. The molecule has 2 rings (SSSR count). The van der Waals surface area contributed by atoms with Crippen molar-refractivity contribution in [2.45, 2.75) is 31.6 Å². The van der Waals surface area contributed by atoms with Crippen LogP contribution in [0.25, 0.3) is 0 Å². The predicted molar refractivity (Wildman–Crippen MR) is 63.7 cm³/mol. The molecule has 1 N–H and O–H groups in total. The van der Waals surface area contributed by atoms with E-state index in [4.69, 9.17) is 9.47 Å². The molecule has 18 heavy (non-hydrogen) atoms. The summed E-state index contributed by atoms with van der Waals surface area (Å²) in [5, 5.41) is 3.12. The lowest BCUT2D eigenvalue weighted by Gasteiger charge is -2.43. The summed E-state index contributed by atoms with van der Waals surface area (Å²) < 4.78 is 37.2. The lowest BCUT2D eigenvalue weighted by Crippen LogP contribution is -2.60. The summed E-state index contributed by atoms with van der Waals surface area (Å²) in [5.74, 6) is -1.07. The van der Waals surface area contributed by atoms with Crippen LogP contribution in [0.3, 0.4) is 0 Å². The van der Waals surface area contributed by atoms with Gasteiger partial charge >= 0.3 is 0 Å². The van der Waals surface area contributed by atoms with Crippen LogP contribution < -0.4 is 10.1 Å². The minimum Gasteiger partial charge on any atom is -0.487 e. The van der Waals surface area contributed by atoms with Crippen molar-refractivity contribution >= 4 is 0 Å². The molecule has 3 nitrogen and oxygen atoms in total. The number of hydrogen-bond acceptors (Lipinski definition) is 3. The van der Waals surface area contributed by atoms with Crippen LogP contribution in [0.15, 0.2) is 18.2 Å². The van der Waals surface area contributed by atoms with E-state index >= 15 is 0 Å². The summed E-state index contributed by atoms with van der Waals surface area (Å²) in [6.45, 7) is 2.49. The van der Waals surface area contributed by atoms with Crippen molar-refractivity contribution in [1.29, 1.82) is 0 Å². The molecule has 1 saturated carbocycles. The van der Waals surface area contributed by atoms with Crippen molar-refractivity contribution in [3.8, 4) is 5.75 Å². The zero-order valence-corrected chi connectivity index (χ0v) is 10.5.